The van der Waals surface area contributed by atoms with Gasteiger partial charge in [-0.3, -0.25) is 4.79 Å². The predicted molar refractivity (Wildman–Crippen MR) is 96.2 cm³/mol. The first-order chi connectivity index (χ1) is 11.4. The topological polar surface area (TPSA) is 61.4 Å². The van der Waals surface area contributed by atoms with E-state index in [2.05, 4.69) is 23.6 Å². The van der Waals surface area contributed by atoms with Crippen molar-refractivity contribution in [1.82, 2.24) is 10.2 Å². The summed E-state index contributed by atoms with van der Waals surface area (Å²) in [5.74, 6) is 0.0184. The van der Waals surface area contributed by atoms with Crippen LogP contribution >= 0.6 is 11.3 Å². The number of rotatable bonds is 4. The average Bonchev–Trinajstić information content (AvgIpc) is 3.11. The zero-order valence-electron chi connectivity index (χ0n) is 14.1. The Morgan fingerprint density at radius 3 is 2.92 bits per heavy atom. The standard InChI is InChI=1S/C18H21N3O2S/c1-11-6-7-24-16(11)10-21(3)18(23)19-12(2)13-4-5-15-14(8-13)9-17(22)20-15/h4-8,12H,9-10H2,1-3H3,(H,19,23)(H,20,22). The number of nitrogens with one attached hydrogen (secondary N) is 2. The first-order valence-electron chi connectivity index (χ1n) is 7.91. The van der Waals surface area contributed by atoms with Crippen LogP contribution in [0.2, 0.25) is 0 Å². The number of amides is 3. The highest BCUT2D eigenvalue weighted by Gasteiger charge is 2.20. The van der Waals surface area contributed by atoms with Crippen LogP contribution in [0, 0.1) is 6.92 Å². The van der Waals surface area contributed by atoms with E-state index in [1.807, 2.05) is 30.5 Å². The van der Waals surface area contributed by atoms with Gasteiger partial charge in [-0.15, -0.1) is 11.3 Å². The lowest BCUT2D eigenvalue weighted by Gasteiger charge is -2.22. The average molecular weight is 343 g/mol. The summed E-state index contributed by atoms with van der Waals surface area (Å²) in [5.41, 5.74) is 4.07. The molecule has 24 heavy (non-hydrogen) atoms. The number of carbonyl (C=O) groups is 2. The maximum Gasteiger partial charge on any atom is 0.317 e. The van der Waals surface area contributed by atoms with Gasteiger partial charge < -0.3 is 15.5 Å². The van der Waals surface area contributed by atoms with Gasteiger partial charge >= 0.3 is 6.03 Å². The molecule has 1 aliphatic rings. The number of benzene rings is 1. The molecule has 3 rings (SSSR count). The minimum Gasteiger partial charge on any atom is -0.331 e. The number of aryl methyl sites for hydroxylation is 1. The van der Waals surface area contributed by atoms with Crippen LogP contribution in [0.4, 0.5) is 10.5 Å². The van der Waals surface area contributed by atoms with E-state index in [-0.39, 0.29) is 18.0 Å². The van der Waals surface area contributed by atoms with Crippen LogP contribution in [0.1, 0.15) is 34.5 Å². The maximum atomic E-state index is 12.4. The normalized spacial score (nSPS) is 14.0. The molecule has 126 valence electrons. The Kier molecular flexibility index (Phi) is 4.57. The third-order valence-corrected chi connectivity index (χ3v) is 5.30. The van der Waals surface area contributed by atoms with E-state index in [0.29, 0.717) is 13.0 Å². The van der Waals surface area contributed by atoms with Gasteiger partial charge in [0.15, 0.2) is 0 Å². The fourth-order valence-electron chi connectivity index (χ4n) is 2.75. The summed E-state index contributed by atoms with van der Waals surface area (Å²) in [5, 5.41) is 7.88. The van der Waals surface area contributed by atoms with Crippen molar-refractivity contribution >= 4 is 29.0 Å². The second-order valence-corrected chi connectivity index (χ2v) is 7.20. The first kappa shape index (κ1) is 16.5. The fraction of sp³-hybridized carbons (Fsp3) is 0.333. The third kappa shape index (κ3) is 3.43. The Morgan fingerprint density at radius 2 is 2.21 bits per heavy atom. The van der Waals surface area contributed by atoms with Crippen LogP contribution in [0.3, 0.4) is 0 Å². The molecule has 0 bridgehead atoms. The van der Waals surface area contributed by atoms with Crippen LogP contribution in [-0.4, -0.2) is 23.9 Å². The van der Waals surface area contributed by atoms with Gasteiger partial charge in [0.05, 0.1) is 19.0 Å². The van der Waals surface area contributed by atoms with Crippen molar-refractivity contribution < 1.29 is 9.59 Å². The molecule has 2 heterocycles. The highest BCUT2D eigenvalue weighted by Crippen LogP contribution is 2.26. The largest absolute Gasteiger partial charge is 0.331 e. The number of thiophene rings is 1. The van der Waals surface area contributed by atoms with E-state index in [0.717, 1.165) is 16.8 Å². The van der Waals surface area contributed by atoms with Crippen molar-refractivity contribution in [3.63, 3.8) is 0 Å². The van der Waals surface area contributed by atoms with Crippen LogP contribution in [0.15, 0.2) is 29.6 Å². The van der Waals surface area contributed by atoms with Crippen molar-refractivity contribution in [2.45, 2.75) is 32.9 Å². The van der Waals surface area contributed by atoms with E-state index in [4.69, 9.17) is 0 Å². The number of hydrogen-bond donors (Lipinski definition) is 2. The molecule has 0 aliphatic carbocycles. The molecule has 3 amide bonds. The van der Waals surface area contributed by atoms with Crippen molar-refractivity contribution in [2.24, 2.45) is 0 Å². The third-order valence-electron chi connectivity index (χ3n) is 4.29. The van der Waals surface area contributed by atoms with Gasteiger partial charge in [0.1, 0.15) is 0 Å². The summed E-state index contributed by atoms with van der Waals surface area (Å²) < 4.78 is 0. The van der Waals surface area contributed by atoms with Gasteiger partial charge in [0.2, 0.25) is 5.91 Å². The number of anilines is 1. The van der Waals surface area contributed by atoms with E-state index < -0.39 is 0 Å². The minimum absolute atomic E-state index is 0.0184. The Hall–Kier alpha value is -2.34. The van der Waals surface area contributed by atoms with Gasteiger partial charge in [-0.05, 0) is 48.1 Å². The molecular formula is C18H21N3O2S. The highest BCUT2D eigenvalue weighted by molar-refractivity contribution is 7.10. The van der Waals surface area contributed by atoms with E-state index in [1.54, 1.807) is 23.3 Å². The smallest absolute Gasteiger partial charge is 0.317 e. The highest BCUT2D eigenvalue weighted by atomic mass is 32.1. The monoisotopic (exact) mass is 343 g/mol. The second-order valence-electron chi connectivity index (χ2n) is 6.20. The molecule has 0 radical (unpaired) electrons. The van der Waals surface area contributed by atoms with Crippen molar-refractivity contribution in [3.05, 3.63) is 51.2 Å². The minimum atomic E-state index is -0.120. The molecule has 1 atom stereocenters. The molecule has 0 fully saturated rings. The molecule has 1 aromatic heterocycles. The van der Waals surface area contributed by atoms with E-state index in [9.17, 15) is 9.59 Å². The summed E-state index contributed by atoms with van der Waals surface area (Å²) >= 11 is 1.66. The number of urea groups is 1. The maximum absolute atomic E-state index is 12.4. The number of nitrogens with zero attached hydrogens (tertiary/aromatic N) is 1. The molecule has 1 aliphatic heterocycles. The Balaban J connectivity index is 1.63. The first-order valence-corrected chi connectivity index (χ1v) is 8.79. The summed E-state index contributed by atoms with van der Waals surface area (Å²) in [4.78, 5) is 26.7. The van der Waals surface area contributed by atoms with E-state index in [1.165, 1.54) is 10.4 Å². The molecule has 1 unspecified atom stereocenters. The zero-order valence-corrected chi connectivity index (χ0v) is 14.9. The summed E-state index contributed by atoms with van der Waals surface area (Å²) in [7, 11) is 1.80. The molecule has 1 aromatic carbocycles. The van der Waals surface area contributed by atoms with Crippen molar-refractivity contribution in [3.8, 4) is 0 Å². The predicted octanol–water partition coefficient (Wildman–Crippen LogP) is 3.45. The molecule has 2 aromatic rings. The Bertz CT molecular complexity index is 784. The Morgan fingerprint density at radius 1 is 1.42 bits per heavy atom. The molecule has 6 heteroatoms. The summed E-state index contributed by atoms with van der Waals surface area (Å²) in [6.45, 7) is 4.61. The van der Waals surface area contributed by atoms with Crippen LogP contribution in [0.25, 0.3) is 0 Å². The molecule has 0 saturated heterocycles. The van der Waals surface area contributed by atoms with Crippen LogP contribution < -0.4 is 10.6 Å². The van der Waals surface area contributed by atoms with Gasteiger partial charge in [-0.25, -0.2) is 4.79 Å². The lowest BCUT2D eigenvalue weighted by atomic mass is 10.0. The molecule has 0 saturated carbocycles. The van der Waals surface area contributed by atoms with Crippen molar-refractivity contribution in [2.75, 3.05) is 12.4 Å². The molecule has 0 spiro atoms. The zero-order chi connectivity index (χ0) is 17.3. The van der Waals surface area contributed by atoms with Gasteiger partial charge in [-0.2, -0.15) is 0 Å². The molecule has 5 nitrogen and oxygen atoms in total. The lowest BCUT2D eigenvalue weighted by Crippen LogP contribution is -2.38. The van der Waals surface area contributed by atoms with Gasteiger partial charge in [0, 0.05) is 17.6 Å². The van der Waals surface area contributed by atoms with Gasteiger partial charge in [-0.1, -0.05) is 12.1 Å². The fourth-order valence-corrected chi connectivity index (χ4v) is 3.71. The number of hydrogen-bond acceptors (Lipinski definition) is 3. The van der Waals surface area contributed by atoms with Gasteiger partial charge in [0.25, 0.3) is 0 Å². The number of carbonyl (C=O) groups excluding carboxylic acids is 2. The Labute approximate surface area is 145 Å². The van der Waals surface area contributed by atoms with Crippen molar-refractivity contribution in [1.29, 1.82) is 0 Å². The summed E-state index contributed by atoms with van der Waals surface area (Å²) in [6, 6.07) is 7.67. The SMILES string of the molecule is Cc1ccsc1CN(C)C(=O)NC(C)c1ccc2c(c1)CC(=O)N2. The molecule has 2 N–H and O–H groups in total. The quantitative estimate of drug-likeness (QED) is 0.893. The second kappa shape index (κ2) is 6.65. The van der Waals surface area contributed by atoms with E-state index >= 15 is 0 Å². The van der Waals surface area contributed by atoms with Crippen LogP contribution in [0.5, 0.6) is 0 Å². The lowest BCUT2D eigenvalue weighted by molar-refractivity contribution is -0.115. The molecular weight excluding hydrogens is 322 g/mol. The summed E-state index contributed by atoms with van der Waals surface area (Å²) in [6.07, 6.45) is 0.404. The number of fused-ring (bicyclic) bond motifs is 1. The van der Waals surface area contributed by atoms with Crippen LogP contribution in [-0.2, 0) is 17.8 Å².